The molecule has 1 aromatic heterocycles. The van der Waals surface area contributed by atoms with Crippen LogP contribution in [-0.2, 0) is 16.0 Å². The SMILES string of the molecule is CC(=O)Nc1ncc(Cc2ccc(C)cc2)c(NC(C)=O)n1. The van der Waals surface area contributed by atoms with E-state index in [1.807, 2.05) is 31.2 Å². The molecule has 2 rings (SSSR count). The summed E-state index contributed by atoms with van der Waals surface area (Å²) in [4.78, 5) is 30.7. The molecule has 0 bridgehead atoms. The minimum Gasteiger partial charge on any atom is -0.311 e. The molecule has 2 N–H and O–H groups in total. The molecular formula is C16H18N4O2. The molecule has 0 atom stereocenters. The van der Waals surface area contributed by atoms with Gasteiger partial charge in [0.2, 0.25) is 17.8 Å². The van der Waals surface area contributed by atoms with Crippen LogP contribution in [0.2, 0.25) is 0 Å². The third-order valence-electron chi connectivity index (χ3n) is 2.96. The van der Waals surface area contributed by atoms with E-state index in [1.54, 1.807) is 6.20 Å². The molecule has 1 heterocycles. The number of rotatable bonds is 4. The Morgan fingerprint density at radius 2 is 1.68 bits per heavy atom. The maximum absolute atomic E-state index is 11.3. The van der Waals surface area contributed by atoms with Crippen LogP contribution >= 0.6 is 0 Å². The number of benzene rings is 1. The zero-order valence-corrected chi connectivity index (χ0v) is 12.8. The Bertz CT molecular complexity index is 696. The number of aryl methyl sites for hydroxylation is 1. The first-order chi connectivity index (χ1) is 10.4. The van der Waals surface area contributed by atoms with Crippen LogP contribution in [0.3, 0.4) is 0 Å². The zero-order chi connectivity index (χ0) is 16.1. The molecule has 2 aromatic rings. The molecule has 6 heteroatoms. The highest BCUT2D eigenvalue weighted by molar-refractivity contribution is 5.90. The average molecular weight is 298 g/mol. The molecule has 0 aliphatic rings. The summed E-state index contributed by atoms with van der Waals surface area (Å²) in [7, 11) is 0. The van der Waals surface area contributed by atoms with E-state index in [4.69, 9.17) is 0 Å². The van der Waals surface area contributed by atoms with Crippen LogP contribution < -0.4 is 10.6 Å². The largest absolute Gasteiger partial charge is 0.311 e. The van der Waals surface area contributed by atoms with Crippen molar-refractivity contribution in [3.8, 4) is 0 Å². The van der Waals surface area contributed by atoms with Gasteiger partial charge in [-0.3, -0.25) is 14.9 Å². The van der Waals surface area contributed by atoms with Crippen molar-refractivity contribution in [2.45, 2.75) is 27.2 Å². The Hall–Kier alpha value is -2.76. The lowest BCUT2D eigenvalue weighted by Gasteiger charge is -2.11. The minimum absolute atomic E-state index is 0.170. The number of carbonyl (C=O) groups excluding carboxylic acids is 2. The second kappa shape index (κ2) is 6.80. The average Bonchev–Trinajstić information content (AvgIpc) is 2.43. The van der Waals surface area contributed by atoms with Gasteiger partial charge in [-0.1, -0.05) is 29.8 Å². The van der Waals surface area contributed by atoms with E-state index in [9.17, 15) is 9.59 Å². The zero-order valence-electron chi connectivity index (χ0n) is 12.8. The second-order valence-electron chi connectivity index (χ2n) is 5.09. The molecule has 1 aromatic carbocycles. The predicted octanol–water partition coefficient (Wildman–Crippen LogP) is 2.29. The van der Waals surface area contributed by atoms with Crippen LogP contribution in [0.1, 0.15) is 30.5 Å². The fraction of sp³-hybridized carbons (Fsp3) is 0.250. The van der Waals surface area contributed by atoms with Crippen LogP contribution in [0.15, 0.2) is 30.5 Å². The lowest BCUT2D eigenvalue weighted by atomic mass is 10.1. The smallest absolute Gasteiger partial charge is 0.231 e. The maximum Gasteiger partial charge on any atom is 0.231 e. The van der Waals surface area contributed by atoms with Crippen LogP contribution in [0.25, 0.3) is 0 Å². The minimum atomic E-state index is -0.264. The van der Waals surface area contributed by atoms with Crippen molar-refractivity contribution in [1.82, 2.24) is 9.97 Å². The Balaban J connectivity index is 2.30. The summed E-state index contributed by atoms with van der Waals surface area (Å²) in [5, 5.41) is 5.18. The lowest BCUT2D eigenvalue weighted by molar-refractivity contribution is -0.115. The van der Waals surface area contributed by atoms with E-state index in [0.29, 0.717) is 12.2 Å². The van der Waals surface area contributed by atoms with E-state index >= 15 is 0 Å². The Morgan fingerprint density at radius 1 is 1.05 bits per heavy atom. The van der Waals surface area contributed by atoms with Gasteiger partial charge in [0.25, 0.3) is 0 Å². The highest BCUT2D eigenvalue weighted by Crippen LogP contribution is 2.18. The van der Waals surface area contributed by atoms with Gasteiger partial charge in [-0.2, -0.15) is 4.98 Å². The van der Waals surface area contributed by atoms with Crippen LogP contribution in [0.4, 0.5) is 11.8 Å². The Morgan fingerprint density at radius 3 is 2.27 bits per heavy atom. The van der Waals surface area contributed by atoms with Gasteiger partial charge in [0.05, 0.1) is 0 Å². The number of carbonyl (C=O) groups is 2. The molecular weight excluding hydrogens is 280 g/mol. The summed E-state index contributed by atoms with van der Waals surface area (Å²) < 4.78 is 0. The van der Waals surface area contributed by atoms with Gasteiger partial charge < -0.3 is 5.32 Å². The predicted molar refractivity (Wildman–Crippen MR) is 84.6 cm³/mol. The highest BCUT2D eigenvalue weighted by atomic mass is 16.2. The standard InChI is InChI=1S/C16H18N4O2/c1-10-4-6-13(7-5-10)8-14-9-17-16(19-12(3)22)20-15(14)18-11(2)21/h4-7,9H,8H2,1-3H3,(H2,17,18,19,20,21,22). The van der Waals surface area contributed by atoms with Crippen LogP contribution in [-0.4, -0.2) is 21.8 Å². The molecule has 0 saturated heterocycles. The highest BCUT2D eigenvalue weighted by Gasteiger charge is 2.10. The topological polar surface area (TPSA) is 84.0 Å². The van der Waals surface area contributed by atoms with E-state index in [0.717, 1.165) is 11.1 Å². The first-order valence-corrected chi connectivity index (χ1v) is 6.90. The number of nitrogens with one attached hydrogen (secondary N) is 2. The number of anilines is 2. The molecule has 0 spiro atoms. The van der Waals surface area contributed by atoms with Gasteiger partial charge in [0, 0.05) is 32.0 Å². The van der Waals surface area contributed by atoms with E-state index < -0.39 is 0 Å². The normalized spacial score (nSPS) is 10.1. The monoisotopic (exact) mass is 298 g/mol. The van der Waals surface area contributed by atoms with Gasteiger partial charge >= 0.3 is 0 Å². The molecule has 0 aliphatic carbocycles. The van der Waals surface area contributed by atoms with E-state index in [1.165, 1.54) is 19.4 Å². The Kier molecular flexibility index (Phi) is 4.83. The van der Waals surface area contributed by atoms with Crippen molar-refractivity contribution < 1.29 is 9.59 Å². The number of hydrogen-bond donors (Lipinski definition) is 2. The van der Waals surface area contributed by atoms with Gasteiger partial charge in [0.15, 0.2) is 0 Å². The quantitative estimate of drug-likeness (QED) is 0.907. The maximum atomic E-state index is 11.3. The first-order valence-electron chi connectivity index (χ1n) is 6.90. The summed E-state index contributed by atoms with van der Waals surface area (Å²) in [5.74, 6) is 0.0911. The fourth-order valence-corrected chi connectivity index (χ4v) is 1.95. The third-order valence-corrected chi connectivity index (χ3v) is 2.96. The van der Waals surface area contributed by atoms with Gasteiger partial charge in [-0.25, -0.2) is 4.98 Å². The molecule has 2 amide bonds. The molecule has 0 unspecified atom stereocenters. The molecule has 0 radical (unpaired) electrons. The Labute approximate surface area is 129 Å². The molecule has 0 saturated carbocycles. The summed E-state index contributed by atoms with van der Waals surface area (Å²) in [6, 6.07) is 8.10. The van der Waals surface area contributed by atoms with Gasteiger partial charge in [-0.05, 0) is 12.5 Å². The van der Waals surface area contributed by atoms with Crippen molar-refractivity contribution in [2.75, 3.05) is 10.6 Å². The van der Waals surface area contributed by atoms with Crippen LogP contribution in [0.5, 0.6) is 0 Å². The van der Waals surface area contributed by atoms with Crippen molar-refractivity contribution in [2.24, 2.45) is 0 Å². The number of amides is 2. The van der Waals surface area contributed by atoms with Crippen molar-refractivity contribution in [1.29, 1.82) is 0 Å². The summed E-state index contributed by atoms with van der Waals surface area (Å²) >= 11 is 0. The molecule has 6 nitrogen and oxygen atoms in total. The van der Waals surface area contributed by atoms with Gasteiger partial charge in [-0.15, -0.1) is 0 Å². The second-order valence-corrected chi connectivity index (χ2v) is 5.09. The summed E-state index contributed by atoms with van der Waals surface area (Å²) in [5.41, 5.74) is 3.06. The molecule has 114 valence electrons. The summed E-state index contributed by atoms with van der Waals surface area (Å²) in [6.07, 6.45) is 2.21. The molecule has 0 fully saturated rings. The van der Waals surface area contributed by atoms with E-state index in [2.05, 4.69) is 20.6 Å². The van der Waals surface area contributed by atoms with Crippen molar-refractivity contribution >= 4 is 23.6 Å². The number of aromatic nitrogens is 2. The number of nitrogens with zero attached hydrogens (tertiary/aromatic N) is 2. The number of hydrogen-bond acceptors (Lipinski definition) is 4. The molecule has 0 aliphatic heterocycles. The molecule has 22 heavy (non-hydrogen) atoms. The summed E-state index contributed by atoms with van der Waals surface area (Å²) in [6.45, 7) is 4.81. The fourth-order valence-electron chi connectivity index (χ4n) is 1.95. The third kappa shape index (κ3) is 4.37. The van der Waals surface area contributed by atoms with Crippen molar-refractivity contribution in [3.63, 3.8) is 0 Å². The van der Waals surface area contributed by atoms with Gasteiger partial charge in [0.1, 0.15) is 5.82 Å². The van der Waals surface area contributed by atoms with Crippen molar-refractivity contribution in [3.05, 3.63) is 47.2 Å². The first kappa shape index (κ1) is 15.6. The van der Waals surface area contributed by atoms with Crippen LogP contribution in [0, 0.1) is 6.92 Å². The van der Waals surface area contributed by atoms with E-state index in [-0.39, 0.29) is 17.8 Å². The lowest BCUT2D eigenvalue weighted by Crippen LogP contribution is -2.14.